The monoisotopic (exact) mass is 293 g/mol. The molecule has 13 heavy (non-hydrogen) atoms. The summed E-state index contributed by atoms with van der Waals surface area (Å²) in [6.07, 6.45) is 0.130. The fourth-order valence-corrected chi connectivity index (χ4v) is 1.52. The maximum atomic E-state index is 13.1. The first-order valence-electron chi connectivity index (χ1n) is 4.31. The summed E-state index contributed by atoms with van der Waals surface area (Å²) in [5.41, 5.74) is 6.31. The molecule has 0 saturated carbocycles. The first-order chi connectivity index (χ1) is 6.22. The molecule has 2 N–H and O–H groups in total. The molecule has 1 atom stereocenters. The highest BCUT2D eigenvalue weighted by Crippen LogP contribution is 2.11. The topological polar surface area (TPSA) is 26.0 Å². The van der Waals surface area contributed by atoms with E-state index in [2.05, 4.69) is 22.6 Å². The first-order valence-corrected chi connectivity index (χ1v) is 5.39. The number of benzene rings is 1. The van der Waals surface area contributed by atoms with Crippen molar-refractivity contribution in [2.24, 2.45) is 5.73 Å². The highest BCUT2D eigenvalue weighted by atomic mass is 127. The van der Waals surface area contributed by atoms with Gasteiger partial charge in [0.05, 0.1) is 0 Å². The fourth-order valence-electron chi connectivity index (χ4n) is 1.16. The zero-order valence-corrected chi connectivity index (χ0v) is 9.50. The van der Waals surface area contributed by atoms with E-state index in [1.54, 1.807) is 0 Å². The summed E-state index contributed by atoms with van der Waals surface area (Å²) in [5.74, 6) is 0. The van der Waals surface area contributed by atoms with E-state index in [1.165, 1.54) is 3.57 Å². The van der Waals surface area contributed by atoms with Crippen molar-refractivity contribution in [1.29, 1.82) is 0 Å². The van der Waals surface area contributed by atoms with Crippen LogP contribution >= 0.6 is 22.6 Å². The smallest absolute Gasteiger partial charge is 0.105 e. The van der Waals surface area contributed by atoms with Crippen LogP contribution in [0.15, 0.2) is 24.3 Å². The van der Waals surface area contributed by atoms with Gasteiger partial charge in [-0.25, -0.2) is 4.39 Å². The SMILES string of the molecule is NCCC(F)Cc1ccc(I)cc1. The number of nitrogens with two attached hydrogens (primary N) is 1. The Hall–Kier alpha value is -0.160. The predicted octanol–water partition coefficient (Wildman–Crippen LogP) is 2.52. The quantitative estimate of drug-likeness (QED) is 0.848. The van der Waals surface area contributed by atoms with Crippen molar-refractivity contribution in [3.63, 3.8) is 0 Å². The zero-order chi connectivity index (χ0) is 9.68. The van der Waals surface area contributed by atoms with E-state index in [4.69, 9.17) is 5.73 Å². The van der Waals surface area contributed by atoms with Crippen molar-refractivity contribution in [1.82, 2.24) is 0 Å². The average Bonchev–Trinajstić information content (AvgIpc) is 2.09. The molecule has 1 aromatic rings. The molecule has 0 amide bonds. The Labute approximate surface area is 91.7 Å². The van der Waals surface area contributed by atoms with Crippen LogP contribution < -0.4 is 5.73 Å². The first kappa shape index (κ1) is 10.9. The van der Waals surface area contributed by atoms with Gasteiger partial charge >= 0.3 is 0 Å². The molecular weight excluding hydrogens is 280 g/mol. The second kappa shape index (κ2) is 5.54. The lowest BCUT2D eigenvalue weighted by Gasteiger charge is -2.06. The Morgan fingerprint density at radius 1 is 1.31 bits per heavy atom. The molecule has 0 aromatic heterocycles. The summed E-state index contributed by atoms with van der Waals surface area (Å²) in [6.45, 7) is 0.422. The summed E-state index contributed by atoms with van der Waals surface area (Å²) >= 11 is 2.23. The summed E-state index contributed by atoms with van der Waals surface area (Å²) in [4.78, 5) is 0. The molecule has 0 fully saturated rings. The van der Waals surface area contributed by atoms with Gasteiger partial charge in [-0.2, -0.15) is 0 Å². The van der Waals surface area contributed by atoms with Crippen LogP contribution in [0.2, 0.25) is 0 Å². The van der Waals surface area contributed by atoms with Crippen LogP contribution in [0.4, 0.5) is 4.39 Å². The Bertz CT molecular complexity index is 248. The van der Waals surface area contributed by atoms with Gasteiger partial charge in [0.1, 0.15) is 6.17 Å². The summed E-state index contributed by atoms with van der Waals surface area (Å²) in [7, 11) is 0. The minimum absolute atomic E-state index is 0.422. The number of halogens is 2. The van der Waals surface area contributed by atoms with Crippen molar-refractivity contribution >= 4 is 22.6 Å². The van der Waals surface area contributed by atoms with Gasteiger partial charge in [-0.05, 0) is 53.3 Å². The van der Waals surface area contributed by atoms with E-state index in [0.717, 1.165) is 5.56 Å². The molecule has 0 aliphatic heterocycles. The third-order valence-corrected chi connectivity index (χ3v) is 2.57. The molecule has 3 heteroatoms. The van der Waals surface area contributed by atoms with Gasteiger partial charge in [0, 0.05) is 9.99 Å². The number of rotatable bonds is 4. The highest BCUT2D eigenvalue weighted by molar-refractivity contribution is 14.1. The van der Waals surface area contributed by atoms with Gasteiger partial charge < -0.3 is 5.73 Å². The van der Waals surface area contributed by atoms with E-state index in [0.29, 0.717) is 19.4 Å². The Morgan fingerprint density at radius 2 is 1.92 bits per heavy atom. The standard InChI is InChI=1S/C10H13FIN/c11-9(5-6-13)7-8-1-3-10(12)4-2-8/h1-4,9H,5-7,13H2. The second-order valence-corrected chi connectivity index (χ2v) is 4.25. The second-order valence-electron chi connectivity index (χ2n) is 3.01. The lowest BCUT2D eigenvalue weighted by Crippen LogP contribution is -2.11. The normalized spacial score (nSPS) is 12.8. The molecule has 1 rings (SSSR count). The summed E-state index contributed by atoms with van der Waals surface area (Å²) in [5, 5.41) is 0. The molecule has 0 radical (unpaired) electrons. The molecule has 0 spiro atoms. The van der Waals surface area contributed by atoms with Crippen LogP contribution in [0.5, 0.6) is 0 Å². The molecule has 0 aliphatic rings. The average molecular weight is 293 g/mol. The fraction of sp³-hybridized carbons (Fsp3) is 0.400. The van der Waals surface area contributed by atoms with Crippen molar-refractivity contribution in [2.75, 3.05) is 6.54 Å². The van der Waals surface area contributed by atoms with Crippen LogP contribution in [0.25, 0.3) is 0 Å². The van der Waals surface area contributed by atoms with Crippen molar-refractivity contribution < 1.29 is 4.39 Å². The third kappa shape index (κ3) is 4.04. The van der Waals surface area contributed by atoms with Crippen molar-refractivity contribution in [2.45, 2.75) is 19.0 Å². The van der Waals surface area contributed by atoms with Crippen LogP contribution in [-0.4, -0.2) is 12.7 Å². The lowest BCUT2D eigenvalue weighted by molar-refractivity contribution is 0.316. The maximum absolute atomic E-state index is 13.1. The van der Waals surface area contributed by atoms with E-state index >= 15 is 0 Å². The largest absolute Gasteiger partial charge is 0.330 e. The molecule has 1 nitrogen and oxygen atoms in total. The molecular formula is C10H13FIN. The Balaban J connectivity index is 2.49. The molecule has 0 heterocycles. The number of hydrogen-bond acceptors (Lipinski definition) is 1. The van der Waals surface area contributed by atoms with Gasteiger partial charge in [-0.3, -0.25) is 0 Å². The minimum Gasteiger partial charge on any atom is -0.330 e. The van der Waals surface area contributed by atoms with E-state index < -0.39 is 6.17 Å². The predicted molar refractivity (Wildman–Crippen MR) is 61.4 cm³/mol. The van der Waals surface area contributed by atoms with Gasteiger partial charge in [-0.15, -0.1) is 0 Å². The zero-order valence-electron chi connectivity index (χ0n) is 7.34. The van der Waals surface area contributed by atoms with E-state index in [9.17, 15) is 4.39 Å². The van der Waals surface area contributed by atoms with Crippen molar-refractivity contribution in [3.05, 3.63) is 33.4 Å². The molecule has 72 valence electrons. The van der Waals surface area contributed by atoms with E-state index in [1.807, 2.05) is 24.3 Å². The van der Waals surface area contributed by atoms with Gasteiger partial charge in [0.15, 0.2) is 0 Å². The van der Waals surface area contributed by atoms with Crippen molar-refractivity contribution in [3.8, 4) is 0 Å². The summed E-state index contributed by atoms with van der Waals surface area (Å²) < 4.78 is 14.3. The Kier molecular flexibility index (Phi) is 4.66. The van der Waals surface area contributed by atoms with Crippen LogP contribution in [0.3, 0.4) is 0 Å². The number of hydrogen-bond donors (Lipinski definition) is 1. The molecule has 0 aliphatic carbocycles. The minimum atomic E-state index is -0.801. The molecule has 0 bridgehead atoms. The van der Waals surface area contributed by atoms with Crippen LogP contribution in [0.1, 0.15) is 12.0 Å². The molecule has 1 aromatic carbocycles. The summed E-state index contributed by atoms with van der Waals surface area (Å²) in [6, 6.07) is 7.91. The van der Waals surface area contributed by atoms with Gasteiger partial charge in [0.2, 0.25) is 0 Å². The molecule has 1 unspecified atom stereocenters. The van der Waals surface area contributed by atoms with Crippen LogP contribution in [-0.2, 0) is 6.42 Å². The van der Waals surface area contributed by atoms with E-state index in [-0.39, 0.29) is 0 Å². The highest BCUT2D eigenvalue weighted by Gasteiger charge is 2.05. The van der Waals surface area contributed by atoms with Gasteiger partial charge in [-0.1, -0.05) is 12.1 Å². The van der Waals surface area contributed by atoms with Crippen LogP contribution in [0, 0.1) is 3.57 Å². The lowest BCUT2D eigenvalue weighted by atomic mass is 10.1. The van der Waals surface area contributed by atoms with Gasteiger partial charge in [0.25, 0.3) is 0 Å². The maximum Gasteiger partial charge on any atom is 0.105 e. The number of alkyl halides is 1. The molecule has 0 saturated heterocycles. The Morgan fingerprint density at radius 3 is 2.46 bits per heavy atom. The third-order valence-electron chi connectivity index (χ3n) is 1.85.